The number of rotatable bonds is 5. The number of fused-ring (bicyclic) bond motifs is 3. The molecule has 0 radical (unpaired) electrons. The van der Waals surface area contributed by atoms with Crippen molar-refractivity contribution in [1.82, 2.24) is 4.98 Å². The fourth-order valence-corrected chi connectivity index (χ4v) is 4.03. The summed E-state index contributed by atoms with van der Waals surface area (Å²) in [5.74, 6) is -1.59. The molecular weight excluding hydrogens is 404 g/mol. The molecule has 2 aromatic heterocycles. The van der Waals surface area contributed by atoms with Gasteiger partial charge < -0.3 is 5.32 Å². The van der Waals surface area contributed by atoms with Crippen molar-refractivity contribution < 1.29 is 22.4 Å². The molecule has 0 spiro atoms. The number of aromatic nitrogens is 1. The fraction of sp³-hybridized carbons (Fsp3) is 0.143. The van der Waals surface area contributed by atoms with Crippen LogP contribution >= 0.6 is 11.3 Å². The molecule has 0 fully saturated rings. The van der Waals surface area contributed by atoms with Crippen molar-refractivity contribution >= 4 is 49.6 Å². The summed E-state index contributed by atoms with van der Waals surface area (Å²) in [5, 5.41) is 6.76. The molecule has 2 aromatic carbocycles. The van der Waals surface area contributed by atoms with E-state index in [2.05, 4.69) is 10.3 Å². The van der Waals surface area contributed by atoms with Crippen LogP contribution in [0.5, 0.6) is 0 Å². The molecule has 1 N–H and O–H groups in total. The number of anilines is 2. The van der Waals surface area contributed by atoms with Crippen molar-refractivity contribution in [3.8, 4) is 0 Å². The maximum Gasteiger partial charge on any atom is 0.449 e. The Balaban J connectivity index is 1.70. The SMILES string of the molecule is O=C(CCc1ccc2c(c1)nc(Nc1cccc(F)c1)c1ccsc12)C(F)(F)F. The van der Waals surface area contributed by atoms with Crippen molar-refractivity contribution in [3.63, 3.8) is 0 Å². The predicted molar refractivity (Wildman–Crippen MR) is 106 cm³/mol. The molecule has 3 nitrogen and oxygen atoms in total. The minimum absolute atomic E-state index is 0.0227. The number of nitrogens with zero attached hydrogens (tertiary/aromatic N) is 1. The first kappa shape index (κ1) is 19.3. The number of carbonyl (C=O) groups is 1. The molecule has 0 unspecified atom stereocenters. The van der Waals surface area contributed by atoms with Crippen molar-refractivity contribution in [2.24, 2.45) is 0 Å². The Hall–Kier alpha value is -3.00. The molecule has 0 aliphatic heterocycles. The molecule has 0 saturated carbocycles. The zero-order chi connectivity index (χ0) is 20.6. The third-order valence-electron chi connectivity index (χ3n) is 4.50. The van der Waals surface area contributed by atoms with Gasteiger partial charge >= 0.3 is 6.18 Å². The van der Waals surface area contributed by atoms with Gasteiger partial charge in [0.05, 0.1) is 5.52 Å². The lowest BCUT2D eigenvalue weighted by molar-refractivity contribution is -0.171. The van der Waals surface area contributed by atoms with Crippen LogP contribution in [0.4, 0.5) is 29.1 Å². The summed E-state index contributed by atoms with van der Waals surface area (Å²) in [6.07, 6.45) is -5.45. The lowest BCUT2D eigenvalue weighted by Crippen LogP contribution is -2.22. The Morgan fingerprint density at radius 1 is 1.07 bits per heavy atom. The van der Waals surface area contributed by atoms with Crippen LogP contribution in [0, 0.1) is 5.82 Å². The monoisotopic (exact) mass is 418 g/mol. The van der Waals surface area contributed by atoms with Gasteiger partial charge in [0, 0.05) is 27.6 Å². The van der Waals surface area contributed by atoms with Crippen molar-refractivity contribution in [2.75, 3.05) is 5.32 Å². The highest BCUT2D eigenvalue weighted by molar-refractivity contribution is 7.18. The molecule has 0 bridgehead atoms. The summed E-state index contributed by atoms with van der Waals surface area (Å²) in [5.41, 5.74) is 1.72. The normalized spacial score (nSPS) is 11.9. The van der Waals surface area contributed by atoms with Gasteiger partial charge in [0.25, 0.3) is 0 Å². The molecule has 0 aliphatic rings. The highest BCUT2D eigenvalue weighted by Gasteiger charge is 2.37. The molecule has 29 heavy (non-hydrogen) atoms. The first-order chi connectivity index (χ1) is 13.8. The molecule has 4 aromatic rings. The molecule has 148 valence electrons. The van der Waals surface area contributed by atoms with E-state index in [0.29, 0.717) is 22.6 Å². The summed E-state index contributed by atoms with van der Waals surface area (Å²) in [6.45, 7) is 0. The van der Waals surface area contributed by atoms with Gasteiger partial charge in [-0.3, -0.25) is 4.79 Å². The van der Waals surface area contributed by atoms with E-state index in [1.807, 2.05) is 11.4 Å². The number of Topliss-reactive ketones (excluding diaryl/α,β-unsaturated/α-hetero) is 1. The second-order valence-electron chi connectivity index (χ2n) is 6.53. The van der Waals surface area contributed by atoms with Gasteiger partial charge in [-0.2, -0.15) is 13.2 Å². The molecule has 0 aliphatic carbocycles. The quantitative estimate of drug-likeness (QED) is 0.382. The van der Waals surface area contributed by atoms with E-state index in [1.165, 1.54) is 23.5 Å². The highest BCUT2D eigenvalue weighted by Crippen LogP contribution is 2.35. The van der Waals surface area contributed by atoms with Crippen LogP contribution in [0.25, 0.3) is 21.0 Å². The minimum atomic E-state index is -4.82. The zero-order valence-electron chi connectivity index (χ0n) is 14.9. The van der Waals surface area contributed by atoms with Crippen molar-refractivity contribution in [2.45, 2.75) is 19.0 Å². The number of aryl methyl sites for hydroxylation is 1. The van der Waals surface area contributed by atoms with Gasteiger partial charge in [-0.25, -0.2) is 9.37 Å². The highest BCUT2D eigenvalue weighted by atomic mass is 32.1. The topological polar surface area (TPSA) is 42.0 Å². The predicted octanol–water partition coefficient (Wildman–Crippen LogP) is 6.40. The maximum atomic E-state index is 13.5. The number of ketones is 1. The van der Waals surface area contributed by atoms with Crippen molar-refractivity contribution in [1.29, 1.82) is 0 Å². The second-order valence-corrected chi connectivity index (χ2v) is 7.45. The van der Waals surface area contributed by atoms with E-state index in [4.69, 9.17) is 0 Å². The van der Waals surface area contributed by atoms with Crippen LogP contribution < -0.4 is 5.32 Å². The Morgan fingerprint density at radius 2 is 1.90 bits per heavy atom. The van der Waals surface area contributed by atoms with E-state index < -0.39 is 18.4 Å². The molecule has 2 heterocycles. The molecule has 0 amide bonds. The lowest BCUT2D eigenvalue weighted by Gasteiger charge is -2.11. The van der Waals surface area contributed by atoms with E-state index in [0.717, 1.165) is 15.5 Å². The molecule has 4 rings (SSSR count). The lowest BCUT2D eigenvalue weighted by atomic mass is 10.0. The Morgan fingerprint density at radius 3 is 2.66 bits per heavy atom. The summed E-state index contributed by atoms with van der Waals surface area (Å²) in [4.78, 5) is 15.7. The summed E-state index contributed by atoms with van der Waals surface area (Å²) >= 11 is 1.52. The van der Waals surface area contributed by atoms with Crippen LogP contribution in [0.1, 0.15) is 12.0 Å². The average molecular weight is 418 g/mol. The molecular formula is C21H14F4N2OS. The number of hydrogen-bond donors (Lipinski definition) is 1. The number of alkyl halides is 3. The molecule has 0 saturated heterocycles. The van der Waals surface area contributed by atoms with E-state index in [1.54, 1.807) is 30.3 Å². The number of nitrogens with one attached hydrogen (secondary N) is 1. The van der Waals surface area contributed by atoms with Crippen molar-refractivity contribution in [3.05, 3.63) is 65.3 Å². The molecule has 8 heteroatoms. The van der Waals surface area contributed by atoms with Gasteiger partial charge in [-0.1, -0.05) is 18.2 Å². The fourth-order valence-electron chi connectivity index (χ4n) is 3.10. The van der Waals surface area contributed by atoms with Crippen LogP contribution in [0.3, 0.4) is 0 Å². The summed E-state index contributed by atoms with van der Waals surface area (Å²) in [6, 6.07) is 13.1. The third kappa shape index (κ3) is 4.07. The van der Waals surface area contributed by atoms with Gasteiger partial charge in [0.1, 0.15) is 11.6 Å². The van der Waals surface area contributed by atoms with E-state index >= 15 is 0 Å². The third-order valence-corrected chi connectivity index (χ3v) is 5.45. The first-order valence-corrected chi connectivity index (χ1v) is 9.62. The number of pyridine rings is 1. The van der Waals surface area contributed by atoms with Gasteiger partial charge in [-0.15, -0.1) is 11.3 Å². The largest absolute Gasteiger partial charge is 0.449 e. The number of benzene rings is 2. The molecule has 0 atom stereocenters. The second kappa shape index (κ2) is 7.44. The number of hydrogen-bond acceptors (Lipinski definition) is 4. The van der Waals surface area contributed by atoms with Crippen LogP contribution in [0.2, 0.25) is 0 Å². The number of carbonyl (C=O) groups excluding carboxylic acids is 1. The van der Waals surface area contributed by atoms with Gasteiger partial charge in [0.2, 0.25) is 5.78 Å². The smallest absolute Gasteiger partial charge is 0.340 e. The average Bonchev–Trinajstić information content (AvgIpc) is 3.15. The Bertz CT molecular complexity index is 1220. The first-order valence-electron chi connectivity index (χ1n) is 8.74. The zero-order valence-corrected chi connectivity index (χ0v) is 15.7. The van der Waals surface area contributed by atoms with Crippen LogP contribution in [-0.2, 0) is 11.2 Å². The van der Waals surface area contributed by atoms with Crippen LogP contribution in [0.15, 0.2) is 53.9 Å². The number of halogens is 4. The minimum Gasteiger partial charge on any atom is -0.340 e. The Kier molecular flexibility index (Phi) is 4.96. The number of thiophene rings is 1. The van der Waals surface area contributed by atoms with Gasteiger partial charge in [-0.05, 0) is 47.7 Å². The maximum absolute atomic E-state index is 13.5. The Labute approximate surface area is 167 Å². The summed E-state index contributed by atoms with van der Waals surface area (Å²) < 4.78 is 51.8. The van der Waals surface area contributed by atoms with E-state index in [9.17, 15) is 22.4 Å². The van der Waals surface area contributed by atoms with Crippen LogP contribution in [-0.4, -0.2) is 16.9 Å². The van der Waals surface area contributed by atoms with Gasteiger partial charge in [0.15, 0.2) is 0 Å². The summed E-state index contributed by atoms with van der Waals surface area (Å²) in [7, 11) is 0. The van der Waals surface area contributed by atoms with E-state index in [-0.39, 0.29) is 12.2 Å². The standard InChI is InChI=1S/C21H14F4N2OS/c22-13-2-1-3-14(11-13)26-20-16-8-9-29-19(16)15-6-4-12(10-17(15)27-20)5-7-18(28)21(23,24)25/h1-4,6,8-11H,5,7H2,(H,26,27).